The molecule has 2 aromatic rings. The molecule has 0 aromatic carbocycles. The van der Waals surface area contributed by atoms with Gasteiger partial charge in [0.2, 0.25) is 5.95 Å². The molecule has 0 spiro atoms. The number of ether oxygens (including phenoxy) is 1. The Bertz CT molecular complexity index is 732. The maximum atomic E-state index is 13.6. The topological polar surface area (TPSA) is 78.5 Å². The van der Waals surface area contributed by atoms with Gasteiger partial charge in [0.05, 0.1) is 6.10 Å². The molecule has 0 radical (unpaired) electrons. The fourth-order valence-corrected chi connectivity index (χ4v) is 2.73. The molecule has 3 rings (SSSR count). The number of pyridine rings is 1. The van der Waals surface area contributed by atoms with Crippen molar-refractivity contribution in [2.24, 2.45) is 5.92 Å². The van der Waals surface area contributed by atoms with Crippen LogP contribution in [0.25, 0.3) is 10.9 Å². The van der Waals surface area contributed by atoms with E-state index in [2.05, 4.69) is 9.97 Å². The quantitative estimate of drug-likeness (QED) is 0.833. The van der Waals surface area contributed by atoms with Gasteiger partial charge in [0.15, 0.2) is 0 Å². The van der Waals surface area contributed by atoms with Crippen molar-refractivity contribution >= 4 is 17.0 Å². The van der Waals surface area contributed by atoms with Crippen LogP contribution in [0, 0.1) is 11.9 Å². The van der Waals surface area contributed by atoms with E-state index in [-0.39, 0.29) is 17.5 Å². The Kier molecular flexibility index (Phi) is 3.75. The van der Waals surface area contributed by atoms with E-state index < -0.39 is 17.7 Å². The standard InChI is InChI=1S/C16H20FN3O3/c1-16(2,3)23-15(22)20-7-9(8-20)13(21)11-6-19-12-10(11)4-5-18-14(12)17/h4-6,9,13,19,21H,7-8H2,1-3H3. The Morgan fingerprint density at radius 2 is 2.22 bits per heavy atom. The summed E-state index contributed by atoms with van der Waals surface area (Å²) >= 11 is 0. The molecule has 0 bridgehead atoms. The lowest BCUT2D eigenvalue weighted by molar-refractivity contribution is -0.0310. The number of carbonyl (C=O) groups excluding carboxylic acids is 1. The van der Waals surface area contributed by atoms with Gasteiger partial charge < -0.3 is 19.7 Å². The summed E-state index contributed by atoms with van der Waals surface area (Å²) in [6.07, 6.45) is 1.81. The molecule has 1 fully saturated rings. The second kappa shape index (κ2) is 5.49. The molecule has 1 saturated heterocycles. The van der Waals surface area contributed by atoms with Crippen molar-refractivity contribution in [3.05, 3.63) is 30.0 Å². The number of aromatic nitrogens is 2. The zero-order chi connectivity index (χ0) is 16.8. The van der Waals surface area contributed by atoms with E-state index in [1.807, 2.05) is 20.8 Å². The smallest absolute Gasteiger partial charge is 0.410 e. The number of hydrogen-bond acceptors (Lipinski definition) is 4. The third-order valence-corrected chi connectivity index (χ3v) is 3.91. The van der Waals surface area contributed by atoms with Gasteiger partial charge in [-0.3, -0.25) is 0 Å². The van der Waals surface area contributed by atoms with Crippen LogP contribution in [-0.4, -0.2) is 44.8 Å². The van der Waals surface area contributed by atoms with Gasteiger partial charge in [-0.15, -0.1) is 0 Å². The van der Waals surface area contributed by atoms with Gasteiger partial charge >= 0.3 is 6.09 Å². The number of hydrogen-bond donors (Lipinski definition) is 2. The van der Waals surface area contributed by atoms with E-state index >= 15 is 0 Å². The summed E-state index contributed by atoms with van der Waals surface area (Å²) in [5, 5.41) is 11.1. The lowest BCUT2D eigenvalue weighted by Crippen LogP contribution is -2.53. The molecule has 0 aliphatic carbocycles. The minimum atomic E-state index is -0.774. The van der Waals surface area contributed by atoms with Crippen LogP contribution in [0.1, 0.15) is 32.4 Å². The first-order valence-corrected chi connectivity index (χ1v) is 7.54. The van der Waals surface area contributed by atoms with Crippen molar-refractivity contribution in [2.45, 2.75) is 32.5 Å². The maximum Gasteiger partial charge on any atom is 0.410 e. The highest BCUT2D eigenvalue weighted by atomic mass is 19.1. The fourth-order valence-electron chi connectivity index (χ4n) is 2.73. The average Bonchev–Trinajstić information content (AvgIpc) is 2.79. The number of H-pyrrole nitrogens is 1. The normalized spacial score (nSPS) is 17.2. The summed E-state index contributed by atoms with van der Waals surface area (Å²) in [5.74, 6) is -0.692. The average molecular weight is 321 g/mol. The molecular weight excluding hydrogens is 301 g/mol. The predicted molar refractivity (Wildman–Crippen MR) is 82.3 cm³/mol. The molecule has 0 saturated carbocycles. The molecule has 23 heavy (non-hydrogen) atoms. The molecule has 3 heterocycles. The summed E-state index contributed by atoms with van der Waals surface area (Å²) in [5.41, 5.74) is 0.363. The Morgan fingerprint density at radius 1 is 1.52 bits per heavy atom. The van der Waals surface area contributed by atoms with E-state index in [1.165, 1.54) is 6.20 Å². The van der Waals surface area contributed by atoms with Gasteiger partial charge in [-0.1, -0.05) is 0 Å². The predicted octanol–water partition coefficient (Wildman–Crippen LogP) is 2.60. The van der Waals surface area contributed by atoms with E-state index in [0.29, 0.717) is 24.0 Å². The first kappa shape index (κ1) is 15.7. The molecule has 2 aromatic heterocycles. The number of amides is 1. The number of likely N-dealkylation sites (tertiary alicyclic amines) is 1. The molecule has 1 aliphatic rings. The lowest BCUT2D eigenvalue weighted by atomic mass is 9.89. The first-order valence-electron chi connectivity index (χ1n) is 7.54. The van der Waals surface area contributed by atoms with E-state index in [9.17, 15) is 14.3 Å². The first-order chi connectivity index (χ1) is 10.8. The van der Waals surface area contributed by atoms with Crippen molar-refractivity contribution < 1.29 is 19.0 Å². The third-order valence-electron chi connectivity index (χ3n) is 3.91. The van der Waals surface area contributed by atoms with Gasteiger partial charge in [-0.25, -0.2) is 9.78 Å². The fraction of sp³-hybridized carbons (Fsp3) is 0.500. The van der Waals surface area contributed by atoms with Gasteiger partial charge in [0.25, 0.3) is 0 Å². The molecule has 1 amide bonds. The number of aliphatic hydroxyl groups excluding tert-OH is 1. The molecule has 2 N–H and O–H groups in total. The molecule has 124 valence electrons. The Morgan fingerprint density at radius 3 is 2.87 bits per heavy atom. The van der Waals surface area contributed by atoms with E-state index in [4.69, 9.17) is 4.74 Å². The number of nitrogens with zero attached hydrogens (tertiary/aromatic N) is 2. The highest BCUT2D eigenvalue weighted by Crippen LogP contribution is 2.34. The Labute approximate surface area is 133 Å². The van der Waals surface area contributed by atoms with Crippen molar-refractivity contribution in [3.63, 3.8) is 0 Å². The summed E-state index contributed by atoms with van der Waals surface area (Å²) < 4.78 is 18.9. The van der Waals surface area contributed by atoms with Gasteiger partial charge in [-0.05, 0) is 26.8 Å². The number of halogens is 1. The molecule has 1 aliphatic heterocycles. The lowest BCUT2D eigenvalue weighted by Gasteiger charge is -2.41. The van der Waals surface area contributed by atoms with Crippen molar-refractivity contribution in [1.82, 2.24) is 14.9 Å². The van der Waals surface area contributed by atoms with Crippen molar-refractivity contribution in [1.29, 1.82) is 0 Å². The molecular formula is C16H20FN3O3. The van der Waals surface area contributed by atoms with Crippen LogP contribution in [0.5, 0.6) is 0 Å². The third kappa shape index (κ3) is 3.01. The zero-order valence-corrected chi connectivity index (χ0v) is 13.3. The SMILES string of the molecule is CC(C)(C)OC(=O)N1CC(C(O)c2c[nH]c3c(F)nccc23)C1. The number of nitrogens with one attached hydrogen (secondary N) is 1. The highest BCUT2D eigenvalue weighted by molar-refractivity contribution is 5.83. The molecule has 1 unspecified atom stereocenters. The molecule has 7 heteroatoms. The summed E-state index contributed by atoms with van der Waals surface area (Å²) in [6, 6.07) is 1.66. The van der Waals surface area contributed by atoms with E-state index in [0.717, 1.165) is 0 Å². The minimum absolute atomic E-state index is 0.0993. The van der Waals surface area contributed by atoms with Crippen LogP contribution in [0.2, 0.25) is 0 Å². The number of rotatable bonds is 2. The van der Waals surface area contributed by atoms with Gasteiger partial charge in [0.1, 0.15) is 11.1 Å². The van der Waals surface area contributed by atoms with Crippen molar-refractivity contribution in [3.8, 4) is 0 Å². The summed E-state index contributed by atoms with van der Waals surface area (Å²) in [4.78, 5) is 19.8. The van der Waals surface area contributed by atoms with Gasteiger partial charge in [-0.2, -0.15) is 4.39 Å². The van der Waals surface area contributed by atoms with Crippen LogP contribution in [-0.2, 0) is 4.74 Å². The van der Waals surface area contributed by atoms with Crippen LogP contribution >= 0.6 is 0 Å². The van der Waals surface area contributed by atoms with Crippen LogP contribution in [0.4, 0.5) is 9.18 Å². The summed E-state index contributed by atoms with van der Waals surface area (Å²) in [6.45, 7) is 6.26. The minimum Gasteiger partial charge on any atom is -0.444 e. The highest BCUT2D eigenvalue weighted by Gasteiger charge is 2.38. The second-order valence-electron chi connectivity index (χ2n) is 6.86. The Balaban J connectivity index is 1.68. The number of fused-ring (bicyclic) bond motifs is 1. The number of aliphatic hydroxyl groups is 1. The van der Waals surface area contributed by atoms with E-state index in [1.54, 1.807) is 17.2 Å². The van der Waals surface area contributed by atoms with Crippen LogP contribution in [0.3, 0.4) is 0 Å². The second-order valence-corrected chi connectivity index (χ2v) is 6.86. The Hall–Kier alpha value is -2.15. The van der Waals surface area contributed by atoms with Crippen LogP contribution in [0.15, 0.2) is 18.5 Å². The molecule has 6 nitrogen and oxygen atoms in total. The monoisotopic (exact) mass is 321 g/mol. The number of aromatic amines is 1. The molecule has 1 atom stereocenters. The van der Waals surface area contributed by atoms with Gasteiger partial charge in [0, 0.05) is 42.4 Å². The summed E-state index contributed by atoms with van der Waals surface area (Å²) in [7, 11) is 0. The van der Waals surface area contributed by atoms with Crippen molar-refractivity contribution in [2.75, 3.05) is 13.1 Å². The largest absolute Gasteiger partial charge is 0.444 e. The zero-order valence-electron chi connectivity index (χ0n) is 13.3. The number of carbonyl (C=O) groups is 1. The maximum absolute atomic E-state index is 13.6. The van der Waals surface area contributed by atoms with Crippen LogP contribution < -0.4 is 0 Å².